The van der Waals surface area contributed by atoms with Gasteiger partial charge in [0.05, 0.1) is 27.3 Å². The second-order valence-corrected chi connectivity index (χ2v) is 8.96. The van der Waals surface area contributed by atoms with E-state index in [4.69, 9.17) is 17.2 Å². The summed E-state index contributed by atoms with van der Waals surface area (Å²) in [6, 6.07) is 19.3. The number of aromatic amines is 1. The Morgan fingerprint density at radius 2 is 1.94 bits per heavy atom. The van der Waals surface area contributed by atoms with Crippen LogP contribution in [0.25, 0.3) is 32.9 Å². The van der Waals surface area contributed by atoms with Gasteiger partial charge in [0.1, 0.15) is 0 Å². The average molecular weight is 485 g/mol. The van der Waals surface area contributed by atoms with Gasteiger partial charge in [-0.05, 0) is 31.3 Å². The van der Waals surface area contributed by atoms with E-state index in [1.54, 1.807) is 6.08 Å². The van der Waals surface area contributed by atoms with Crippen molar-refractivity contribution in [1.82, 2.24) is 24.7 Å². The van der Waals surface area contributed by atoms with Crippen LogP contribution in [0.15, 0.2) is 73.3 Å². The maximum atomic E-state index is 13.4. The summed E-state index contributed by atoms with van der Waals surface area (Å²) in [5, 5.41) is 11.4. The number of anilines is 1. The number of aryl methyl sites for hydroxylation is 1. The third-order valence-corrected chi connectivity index (χ3v) is 6.70. The van der Waals surface area contributed by atoms with Gasteiger partial charge in [0.15, 0.2) is 15.7 Å². The van der Waals surface area contributed by atoms with Crippen molar-refractivity contribution in [3.05, 3.63) is 89.3 Å². The molecule has 0 radical (unpaired) electrons. The molecule has 0 aliphatic heterocycles. The Balaban J connectivity index is 1.52. The van der Waals surface area contributed by atoms with Crippen molar-refractivity contribution in [1.29, 1.82) is 0 Å². The third-order valence-electron chi connectivity index (χ3n) is 5.32. The number of para-hydroxylation sites is 1. The van der Waals surface area contributed by atoms with Crippen LogP contribution in [0.2, 0.25) is 0 Å². The molecule has 0 aliphatic carbocycles. The molecule has 0 saturated heterocycles. The zero-order chi connectivity index (χ0) is 23.7. The molecule has 0 fully saturated rings. The van der Waals surface area contributed by atoms with Crippen LogP contribution in [0, 0.1) is 11.7 Å². The van der Waals surface area contributed by atoms with E-state index in [2.05, 4.69) is 27.1 Å². The minimum absolute atomic E-state index is 0.249. The van der Waals surface area contributed by atoms with Crippen molar-refractivity contribution in [3.8, 4) is 22.0 Å². The number of amides is 1. The number of hydrogen-bond acceptors (Lipinski definition) is 6. The smallest absolute Gasteiger partial charge is 0.258 e. The normalized spacial score (nSPS) is 11.0. The van der Waals surface area contributed by atoms with Crippen LogP contribution in [0.4, 0.5) is 5.13 Å². The Morgan fingerprint density at radius 3 is 2.74 bits per heavy atom. The molecule has 2 aromatic carbocycles. The van der Waals surface area contributed by atoms with Crippen LogP contribution in [-0.2, 0) is 6.54 Å². The molecule has 2 N–H and O–H groups in total. The largest absolute Gasteiger partial charge is 0.298 e. The number of fused-ring (bicyclic) bond motifs is 1. The summed E-state index contributed by atoms with van der Waals surface area (Å²) >= 11 is 6.68. The zero-order valence-corrected chi connectivity index (χ0v) is 19.9. The Hall–Kier alpha value is -3.95. The number of carbonyl (C=O) groups is 1. The Bertz CT molecular complexity index is 1580. The highest BCUT2D eigenvalue weighted by Crippen LogP contribution is 2.32. The molecule has 5 aromatic rings. The monoisotopic (exact) mass is 484 g/mol. The maximum absolute atomic E-state index is 13.4. The predicted molar refractivity (Wildman–Crippen MR) is 139 cm³/mol. The molecule has 1 amide bonds. The molecule has 0 aliphatic rings. The topological polar surface area (TPSA) is 88.5 Å². The number of H-pyrrole nitrogens is 1. The average Bonchev–Trinajstić information content (AvgIpc) is 3.40. The van der Waals surface area contributed by atoms with Crippen molar-refractivity contribution in [2.75, 3.05) is 5.32 Å². The molecule has 3 aromatic heterocycles. The van der Waals surface area contributed by atoms with E-state index in [1.807, 2.05) is 72.2 Å². The molecule has 34 heavy (non-hydrogen) atoms. The molecule has 168 valence electrons. The first kappa shape index (κ1) is 21.9. The molecule has 0 atom stereocenters. The fourth-order valence-electron chi connectivity index (χ4n) is 3.73. The van der Waals surface area contributed by atoms with Crippen LogP contribution in [0.5, 0.6) is 0 Å². The van der Waals surface area contributed by atoms with Crippen molar-refractivity contribution < 1.29 is 4.79 Å². The number of allylic oxidation sites excluding steroid dienone is 1. The molecule has 0 spiro atoms. The van der Waals surface area contributed by atoms with E-state index in [0.717, 1.165) is 32.7 Å². The first-order valence-electron chi connectivity index (χ1n) is 10.6. The minimum Gasteiger partial charge on any atom is -0.298 e. The number of nitrogens with zero attached hydrogens (tertiary/aromatic N) is 4. The number of benzene rings is 2. The van der Waals surface area contributed by atoms with Crippen LogP contribution in [0.1, 0.15) is 16.1 Å². The summed E-state index contributed by atoms with van der Waals surface area (Å²) in [5.41, 5.74) is 3.72. The van der Waals surface area contributed by atoms with Gasteiger partial charge in [0.2, 0.25) is 0 Å². The van der Waals surface area contributed by atoms with E-state index in [9.17, 15) is 4.79 Å². The molecule has 0 bridgehead atoms. The molecule has 0 saturated carbocycles. The highest BCUT2D eigenvalue weighted by molar-refractivity contribution is 7.71. The molecule has 0 unspecified atom stereocenters. The highest BCUT2D eigenvalue weighted by Gasteiger charge is 2.19. The first-order valence-corrected chi connectivity index (χ1v) is 11.8. The molecule has 5 rings (SSSR count). The number of aromatic nitrogens is 5. The van der Waals surface area contributed by atoms with Crippen LogP contribution in [0.3, 0.4) is 0 Å². The SMILES string of the molecule is C=CCn1c(-c2sc(NC(=O)c3cc(-c4ccccc4)nc4ccccc34)nc2C)n[nH]c1=S. The van der Waals surface area contributed by atoms with Crippen LogP contribution >= 0.6 is 23.6 Å². The maximum Gasteiger partial charge on any atom is 0.258 e. The highest BCUT2D eigenvalue weighted by atomic mass is 32.1. The lowest BCUT2D eigenvalue weighted by atomic mass is 10.0. The summed E-state index contributed by atoms with van der Waals surface area (Å²) in [7, 11) is 0. The lowest BCUT2D eigenvalue weighted by molar-refractivity contribution is 0.102. The fourth-order valence-corrected chi connectivity index (χ4v) is 4.90. The second kappa shape index (κ2) is 9.12. The lowest BCUT2D eigenvalue weighted by Gasteiger charge is -2.09. The summed E-state index contributed by atoms with van der Waals surface area (Å²) in [4.78, 5) is 23.6. The zero-order valence-electron chi connectivity index (χ0n) is 18.3. The van der Waals surface area contributed by atoms with Crippen LogP contribution in [-0.4, -0.2) is 30.6 Å². The first-order chi connectivity index (χ1) is 16.5. The van der Waals surface area contributed by atoms with E-state index in [0.29, 0.717) is 27.8 Å². The van der Waals surface area contributed by atoms with Gasteiger partial charge in [-0.1, -0.05) is 65.9 Å². The van der Waals surface area contributed by atoms with Gasteiger partial charge >= 0.3 is 0 Å². The molecule has 9 heteroatoms. The van der Waals surface area contributed by atoms with E-state index >= 15 is 0 Å². The Kier molecular flexibility index (Phi) is 5.87. The van der Waals surface area contributed by atoms with Gasteiger partial charge in [-0.25, -0.2) is 9.97 Å². The summed E-state index contributed by atoms with van der Waals surface area (Å²) in [5.74, 6) is 0.419. The number of hydrogen-bond donors (Lipinski definition) is 2. The Morgan fingerprint density at radius 1 is 1.18 bits per heavy atom. The van der Waals surface area contributed by atoms with Crippen molar-refractivity contribution >= 4 is 45.5 Å². The number of nitrogens with one attached hydrogen (secondary N) is 2. The second-order valence-electron chi connectivity index (χ2n) is 7.58. The number of carbonyl (C=O) groups excluding carboxylic acids is 1. The molecule has 7 nitrogen and oxygen atoms in total. The molecule has 3 heterocycles. The van der Waals surface area contributed by atoms with Gasteiger partial charge in [0.25, 0.3) is 5.91 Å². The molecular weight excluding hydrogens is 464 g/mol. The number of pyridine rings is 1. The van der Waals surface area contributed by atoms with E-state index in [-0.39, 0.29) is 5.91 Å². The fraction of sp³-hybridized carbons (Fsp3) is 0.0800. The Labute approximate surface area is 204 Å². The van der Waals surface area contributed by atoms with Crippen molar-refractivity contribution in [3.63, 3.8) is 0 Å². The van der Waals surface area contributed by atoms with Gasteiger partial charge in [-0.2, -0.15) is 5.10 Å². The van der Waals surface area contributed by atoms with Gasteiger partial charge in [0, 0.05) is 17.5 Å². The summed E-state index contributed by atoms with van der Waals surface area (Å²) < 4.78 is 2.35. The summed E-state index contributed by atoms with van der Waals surface area (Å²) in [6.07, 6.45) is 1.76. The van der Waals surface area contributed by atoms with Gasteiger partial charge < -0.3 is 0 Å². The van der Waals surface area contributed by atoms with Gasteiger partial charge in [-0.15, -0.1) is 6.58 Å². The standard InChI is InChI=1S/C25H20N6OS2/c1-3-13-31-22(29-30-25(31)33)21-15(2)26-24(34-21)28-23(32)18-14-20(16-9-5-4-6-10-16)27-19-12-8-7-11-17(18)19/h3-12,14H,1,13H2,2H3,(H,30,33)(H,26,28,32). The lowest BCUT2D eigenvalue weighted by Crippen LogP contribution is -2.13. The third kappa shape index (κ3) is 4.07. The van der Waals surface area contributed by atoms with Crippen molar-refractivity contribution in [2.45, 2.75) is 13.5 Å². The van der Waals surface area contributed by atoms with Crippen LogP contribution < -0.4 is 5.32 Å². The van der Waals surface area contributed by atoms with E-state index in [1.165, 1.54) is 11.3 Å². The number of thiazole rings is 1. The minimum atomic E-state index is -0.249. The summed E-state index contributed by atoms with van der Waals surface area (Å²) in [6.45, 7) is 6.19. The van der Waals surface area contributed by atoms with Crippen molar-refractivity contribution in [2.24, 2.45) is 0 Å². The quantitative estimate of drug-likeness (QED) is 0.227. The van der Waals surface area contributed by atoms with E-state index < -0.39 is 0 Å². The predicted octanol–water partition coefficient (Wildman–Crippen LogP) is 6.03. The number of rotatable bonds is 6. The van der Waals surface area contributed by atoms with Gasteiger partial charge in [-0.3, -0.25) is 19.8 Å². The molecular formula is C25H20N6OS2.